The van der Waals surface area contributed by atoms with Crippen LogP contribution in [0.3, 0.4) is 0 Å². The van der Waals surface area contributed by atoms with Crippen molar-refractivity contribution in [3.63, 3.8) is 0 Å². The van der Waals surface area contributed by atoms with Crippen LogP contribution in [0.2, 0.25) is 0 Å². The van der Waals surface area contributed by atoms with Gasteiger partial charge in [0.15, 0.2) is 0 Å². The number of nitrogens with one attached hydrogen (secondary N) is 1. The average Bonchev–Trinajstić information content (AvgIpc) is 2.24. The van der Waals surface area contributed by atoms with Gasteiger partial charge in [0, 0.05) is 34.9 Å². The summed E-state index contributed by atoms with van der Waals surface area (Å²) in [5, 5.41) is 3.68. The van der Waals surface area contributed by atoms with Crippen molar-refractivity contribution in [2.45, 2.75) is 45.9 Å². The summed E-state index contributed by atoms with van der Waals surface area (Å²) >= 11 is 0. The molecule has 1 aromatic rings. The van der Waals surface area contributed by atoms with Crippen molar-refractivity contribution in [3.8, 4) is 0 Å². The molecule has 0 spiro atoms. The van der Waals surface area contributed by atoms with Crippen LogP contribution in [0, 0.1) is 20.8 Å². The van der Waals surface area contributed by atoms with Gasteiger partial charge in [-0.2, -0.15) is 0 Å². The summed E-state index contributed by atoms with van der Waals surface area (Å²) in [5.41, 5.74) is 5.34. The Morgan fingerprint density at radius 2 is 1.67 bits per heavy atom. The van der Waals surface area contributed by atoms with Gasteiger partial charge in [0.05, 0.1) is 0 Å². The lowest BCUT2D eigenvalue weighted by molar-refractivity contribution is 0.564. The van der Waals surface area contributed by atoms with Crippen molar-refractivity contribution in [1.29, 1.82) is 0 Å². The highest BCUT2D eigenvalue weighted by Crippen LogP contribution is 2.23. The standard InChI is InChI=1S/C15H25NOS/c1-10-7-11(2)15(12(3)8-10)14(5)16-9-13(4)18(6)17/h7-8,13-14,16H,9H2,1-6H3. The van der Waals surface area contributed by atoms with Gasteiger partial charge in [-0.1, -0.05) is 17.7 Å². The van der Waals surface area contributed by atoms with Gasteiger partial charge in [-0.25, -0.2) is 0 Å². The largest absolute Gasteiger partial charge is 0.309 e. The number of benzene rings is 1. The number of hydrogen-bond donors (Lipinski definition) is 1. The van der Waals surface area contributed by atoms with Crippen LogP contribution in [-0.4, -0.2) is 22.3 Å². The number of aryl methyl sites for hydroxylation is 3. The van der Waals surface area contributed by atoms with Gasteiger partial charge in [0.25, 0.3) is 0 Å². The Balaban J connectivity index is 2.79. The van der Waals surface area contributed by atoms with Crippen molar-refractivity contribution in [2.24, 2.45) is 0 Å². The highest BCUT2D eigenvalue weighted by atomic mass is 32.2. The average molecular weight is 267 g/mol. The molecule has 0 fully saturated rings. The van der Waals surface area contributed by atoms with Gasteiger partial charge in [-0.05, 0) is 51.3 Å². The highest BCUT2D eigenvalue weighted by Gasteiger charge is 2.13. The van der Waals surface area contributed by atoms with E-state index in [2.05, 4.69) is 45.1 Å². The van der Waals surface area contributed by atoms with E-state index >= 15 is 0 Å². The van der Waals surface area contributed by atoms with Crippen LogP contribution in [0.15, 0.2) is 12.1 Å². The minimum absolute atomic E-state index is 0.193. The number of rotatable bonds is 5. The normalized spacial score (nSPS) is 16.3. The van der Waals surface area contributed by atoms with Gasteiger partial charge < -0.3 is 5.32 Å². The second-order valence-electron chi connectivity index (χ2n) is 5.25. The lowest BCUT2D eigenvalue weighted by Gasteiger charge is -2.21. The van der Waals surface area contributed by atoms with E-state index in [1.165, 1.54) is 22.3 Å². The zero-order valence-electron chi connectivity index (χ0n) is 12.3. The van der Waals surface area contributed by atoms with Gasteiger partial charge in [-0.3, -0.25) is 4.21 Å². The molecule has 18 heavy (non-hydrogen) atoms. The zero-order valence-corrected chi connectivity index (χ0v) is 13.1. The first kappa shape index (κ1) is 15.4. The van der Waals surface area contributed by atoms with Crippen LogP contribution in [0.25, 0.3) is 0 Å². The molecule has 3 unspecified atom stereocenters. The summed E-state index contributed by atoms with van der Waals surface area (Å²) in [6.07, 6.45) is 1.76. The van der Waals surface area contributed by atoms with Crippen LogP contribution in [0.5, 0.6) is 0 Å². The predicted molar refractivity (Wildman–Crippen MR) is 80.6 cm³/mol. The lowest BCUT2D eigenvalue weighted by Crippen LogP contribution is -2.30. The summed E-state index contributed by atoms with van der Waals surface area (Å²) in [5.74, 6) is 0. The van der Waals surface area contributed by atoms with E-state index in [-0.39, 0.29) is 5.25 Å². The molecule has 102 valence electrons. The molecule has 0 saturated carbocycles. The summed E-state index contributed by atoms with van der Waals surface area (Å²) in [4.78, 5) is 0. The third-order valence-corrected chi connectivity index (χ3v) is 4.75. The van der Waals surface area contributed by atoms with Gasteiger partial charge >= 0.3 is 0 Å². The van der Waals surface area contributed by atoms with Crippen LogP contribution in [0.4, 0.5) is 0 Å². The Kier molecular flexibility index (Phi) is 5.54. The zero-order chi connectivity index (χ0) is 13.9. The van der Waals surface area contributed by atoms with Crippen molar-refractivity contribution in [1.82, 2.24) is 5.32 Å². The van der Waals surface area contributed by atoms with E-state index in [9.17, 15) is 4.21 Å². The predicted octanol–water partition coefficient (Wildman–Crippen LogP) is 3.03. The molecule has 0 heterocycles. The minimum Gasteiger partial charge on any atom is -0.309 e. The molecular formula is C15H25NOS. The third kappa shape index (κ3) is 3.92. The first-order valence-electron chi connectivity index (χ1n) is 6.46. The second-order valence-corrected chi connectivity index (χ2v) is 7.05. The molecule has 0 radical (unpaired) electrons. The molecule has 0 saturated heterocycles. The Labute approximate surface area is 114 Å². The summed E-state index contributed by atoms with van der Waals surface area (Å²) < 4.78 is 11.3. The highest BCUT2D eigenvalue weighted by molar-refractivity contribution is 7.84. The van der Waals surface area contributed by atoms with E-state index in [1.54, 1.807) is 6.26 Å². The van der Waals surface area contributed by atoms with Crippen LogP contribution in [-0.2, 0) is 10.8 Å². The Morgan fingerprint density at radius 3 is 2.11 bits per heavy atom. The van der Waals surface area contributed by atoms with E-state index in [0.717, 1.165) is 6.54 Å². The second kappa shape index (κ2) is 6.48. The molecule has 1 N–H and O–H groups in total. The molecule has 2 nitrogen and oxygen atoms in total. The maximum atomic E-state index is 11.3. The molecule has 0 aliphatic rings. The summed E-state index contributed by atoms with van der Waals surface area (Å²) in [6.45, 7) is 11.4. The van der Waals surface area contributed by atoms with Crippen LogP contribution >= 0.6 is 0 Å². The van der Waals surface area contributed by atoms with E-state index in [4.69, 9.17) is 0 Å². The fraction of sp³-hybridized carbons (Fsp3) is 0.600. The summed E-state index contributed by atoms with van der Waals surface area (Å²) in [6, 6.07) is 4.75. The molecule has 0 aliphatic carbocycles. The summed E-state index contributed by atoms with van der Waals surface area (Å²) in [7, 11) is -0.760. The quantitative estimate of drug-likeness (QED) is 0.888. The fourth-order valence-corrected chi connectivity index (χ4v) is 2.77. The van der Waals surface area contributed by atoms with Crippen LogP contribution in [0.1, 0.15) is 42.1 Å². The van der Waals surface area contributed by atoms with Crippen molar-refractivity contribution in [2.75, 3.05) is 12.8 Å². The van der Waals surface area contributed by atoms with Gasteiger partial charge in [0.2, 0.25) is 0 Å². The first-order valence-corrected chi connectivity index (χ1v) is 8.08. The molecule has 0 amide bonds. The van der Waals surface area contributed by atoms with Gasteiger partial charge in [-0.15, -0.1) is 0 Å². The molecular weight excluding hydrogens is 242 g/mol. The van der Waals surface area contributed by atoms with Crippen LogP contribution < -0.4 is 5.32 Å². The minimum atomic E-state index is -0.760. The lowest BCUT2D eigenvalue weighted by atomic mass is 9.95. The van der Waals surface area contributed by atoms with E-state index in [1.807, 2.05) is 6.92 Å². The molecule has 1 aromatic carbocycles. The smallest absolute Gasteiger partial charge is 0.0441 e. The monoisotopic (exact) mass is 267 g/mol. The topological polar surface area (TPSA) is 29.1 Å². The Hall–Kier alpha value is -0.670. The SMILES string of the molecule is Cc1cc(C)c(C(C)NCC(C)S(C)=O)c(C)c1. The van der Waals surface area contributed by atoms with Crippen molar-refractivity contribution in [3.05, 3.63) is 34.4 Å². The maximum Gasteiger partial charge on any atom is 0.0441 e. The maximum absolute atomic E-state index is 11.3. The fourth-order valence-electron chi connectivity index (χ4n) is 2.44. The molecule has 0 bridgehead atoms. The molecule has 0 aromatic heterocycles. The molecule has 3 atom stereocenters. The first-order chi connectivity index (χ1) is 8.32. The molecule has 3 heteroatoms. The third-order valence-electron chi connectivity index (χ3n) is 3.45. The van der Waals surface area contributed by atoms with Crippen molar-refractivity contribution < 1.29 is 4.21 Å². The van der Waals surface area contributed by atoms with Crippen molar-refractivity contribution >= 4 is 10.8 Å². The Bertz CT molecular complexity index is 419. The van der Waals surface area contributed by atoms with E-state index in [0.29, 0.717) is 6.04 Å². The molecule has 0 aliphatic heterocycles. The Morgan fingerprint density at radius 1 is 1.17 bits per heavy atom. The number of hydrogen-bond acceptors (Lipinski definition) is 2. The van der Waals surface area contributed by atoms with E-state index < -0.39 is 10.8 Å². The van der Waals surface area contributed by atoms with Gasteiger partial charge in [0.1, 0.15) is 0 Å². The molecule has 1 rings (SSSR count).